The van der Waals surface area contributed by atoms with Crippen molar-refractivity contribution in [1.82, 2.24) is 0 Å². The Morgan fingerprint density at radius 3 is 2.56 bits per heavy atom. The SMILES string of the molecule is Cc1ccc(N=C(C=CSc2ccc(F)cc2)SCCCC#N)cc1. The van der Waals surface area contributed by atoms with Crippen molar-refractivity contribution in [1.29, 1.82) is 5.26 Å². The zero-order valence-electron chi connectivity index (χ0n) is 14.0. The summed E-state index contributed by atoms with van der Waals surface area (Å²) in [6.45, 7) is 2.05. The highest BCUT2D eigenvalue weighted by Crippen LogP contribution is 2.22. The summed E-state index contributed by atoms with van der Waals surface area (Å²) < 4.78 is 12.9. The summed E-state index contributed by atoms with van der Waals surface area (Å²) in [5.74, 6) is 0.618. The van der Waals surface area contributed by atoms with E-state index in [1.165, 1.54) is 29.5 Å². The van der Waals surface area contributed by atoms with E-state index < -0.39 is 0 Å². The molecule has 0 saturated heterocycles. The summed E-state index contributed by atoms with van der Waals surface area (Å²) in [5, 5.41) is 11.5. The monoisotopic (exact) mass is 370 g/mol. The lowest BCUT2D eigenvalue weighted by molar-refractivity contribution is 0.626. The van der Waals surface area contributed by atoms with Gasteiger partial charge in [0.25, 0.3) is 0 Å². The van der Waals surface area contributed by atoms with E-state index in [9.17, 15) is 4.39 Å². The number of thioether (sulfide) groups is 2. The van der Waals surface area contributed by atoms with E-state index >= 15 is 0 Å². The third-order valence-electron chi connectivity index (χ3n) is 3.18. The highest BCUT2D eigenvalue weighted by atomic mass is 32.2. The van der Waals surface area contributed by atoms with Crippen LogP contribution in [0, 0.1) is 24.1 Å². The Morgan fingerprint density at radius 2 is 1.88 bits per heavy atom. The van der Waals surface area contributed by atoms with Gasteiger partial charge < -0.3 is 0 Å². The molecule has 0 amide bonds. The van der Waals surface area contributed by atoms with Gasteiger partial charge in [0, 0.05) is 17.1 Å². The third kappa shape index (κ3) is 7.59. The Morgan fingerprint density at radius 1 is 1.16 bits per heavy atom. The molecular formula is C20H19FN2S2. The van der Waals surface area contributed by atoms with Crippen LogP contribution in [0.25, 0.3) is 0 Å². The molecule has 0 heterocycles. The van der Waals surface area contributed by atoms with E-state index in [1.807, 2.05) is 42.7 Å². The number of unbranched alkanes of at least 4 members (excludes halogenated alkanes) is 1. The molecule has 0 aliphatic carbocycles. The molecule has 0 unspecified atom stereocenters. The molecule has 128 valence electrons. The number of hydrogen-bond donors (Lipinski definition) is 0. The van der Waals surface area contributed by atoms with E-state index in [0.717, 1.165) is 27.8 Å². The van der Waals surface area contributed by atoms with Crippen LogP contribution in [0.4, 0.5) is 10.1 Å². The standard InChI is InChI=1S/C20H19FN2S2/c1-16-4-8-18(9-5-16)23-20(25-14-3-2-13-22)12-15-24-19-10-6-17(21)7-11-19/h4-12,15H,2-3,14H2,1H3. The molecule has 0 N–H and O–H groups in total. The molecule has 2 aromatic carbocycles. The Bertz CT molecular complexity index is 760. The molecule has 0 fully saturated rings. The van der Waals surface area contributed by atoms with Gasteiger partial charge in [-0.1, -0.05) is 29.5 Å². The van der Waals surface area contributed by atoms with Crippen molar-refractivity contribution in [3.05, 3.63) is 71.4 Å². The van der Waals surface area contributed by atoms with Crippen LogP contribution < -0.4 is 0 Å². The van der Waals surface area contributed by atoms with Crippen molar-refractivity contribution >= 4 is 34.3 Å². The molecule has 0 saturated carbocycles. The predicted octanol–water partition coefficient (Wildman–Crippen LogP) is 6.51. The van der Waals surface area contributed by atoms with Crippen LogP contribution >= 0.6 is 23.5 Å². The number of halogens is 1. The molecule has 25 heavy (non-hydrogen) atoms. The first-order valence-corrected chi connectivity index (χ1v) is 9.78. The highest BCUT2D eigenvalue weighted by molar-refractivity contribution is 8.14. The van der Waals surface area contributed by atoms with Gasteiger partial charge in [-0.15, -0.1) is 11.8 Å². The summed E-state index contributed by atoms with van der Waals surface area (Å²) in [6.07, 6.45) is 3.36. The van der Waals surface area contributed by atoms with E-state index in [4.69, 9.17) is 5.26 Å². The normalized spacial score (nSPS) is 11.6. The molecule has 5 heteroatoms. The van der Waals surface area contributed by atoms with Gasteiger partial charge >= 0.3 is 0 Å². The number of hydrogen-bond acceptors (Lipinski definition) is 4. The smallest absolute Gasteiger partial charge is 0.123 e. The maximum atomic E-state index is 12.9. The first kappa shape index (κ1) is 19.3. The second-order valence-corrected chi connectivity index (χ2v) is 7.36. The maximum absolute atomic E-state index is 12.9. The van der Waals surface area contributed by atoms with Crippen molar-refractivity contribution in [2.75, 3.05) is 5.75 Å². The molecule has 0 aliphatic rings. The number of rotatable bonds is 7. The fourth-order valence-corrected chi connectivity index (χ4v) is 3.44. The van der Waals surface area contributed by atoms with Gasteiger partial charge in [-0.25, -0.2) is 9.38 Å². The lowest BCUT2D eigenvalue weighted by Gasteiger charge is -2.02. The summed E-state index contributed by atoms with van der Waals surface area (Å²) in [7, 11) is 0. The van der Waals surface area contributed by atoms with Crippen LogP contribution in [0.2, 0.25) is 0 Å². The molecule has 0 aromatic heterocycles. The fourth-order valence-electron chi connectivity index (χ4n) is 1.88. The Hall–Kier alpha value is -2.03. The van der Waals surface area contributed by atoms with Crippen molar-refractivity contribution in [2.24, 2.45) is 4.99 Å². The summed E-state index contributed by atoms with van der Waals surface area (Å²) >= 11 is 3.16. The summed E-state index contributed by atoms with van der Waals surface area (Å²) in [4.78, 5) is 5.65. The molecule has 2 rings (SSSR count). The molecule has 0 radical (unpaired) electrons. The van der Waals surface area contributed by atoms with Gasteiger partial charge in [0.2, 0.25) is 0 Å². The van der Waals surface area contributed by atoms with E-state index in [1.54, 1.807) is 23.9 Å². The number of nitrogens with zero attached hydrogens (tertiary/aromatic N) is 2. The second-order valence-electron chi connectivity index (χ2n) is 5.27. The summed E-state index contributed by atoms with van der Waals surface area (Å²) in [6, 6.07) is 16.6. The van der Waals surface area contributed by atoms with E-state index in [2.05, 4.69) is 11.1 Å². The van der Waals surface area contributed by atoms with Gasteiger partial charge in [0.1, 0.15) is 5.82 Å². The molecule has 0 aliphatic heterocycles. The van der Waals surface area contributed by atoms with Crippen LogP contribution in [0.5, 0.6) is 0 Å². The maximum Gasteiger partial charge on any atom is 0.123 e. The van der Waals surface area contributed by atoms with Crippen molar-refractivity contribution in [2.45, 2.75) is 24.7 Å². The lowest BCUT2D eigenvalue weighted by Crippen LogP contribution is -1.89. The van der Waals surface area contributed by atoms with Crippen LogP contribution in [0.3, 0.4) is 0 Å². The van der Waals surface area contributed by atoms with Gasteiger partial charge in [-0.05, 0) is 61.2 Å². The number of nitriles is 1. The highest BCUT2D eigenvalue weighted by Gasteiger charge is 1.99. The quantitative estimate of drug-likeness (QED) is 0.241. The molecule has 0 spiro atoms. The lowest BCUT2D eigenvalue weighted by atomic mass is 10.2. The average molecular weight is 371 g/mol. The van der Waals surface area contributed by atoms with Gasteiger partial charge in [-0.2, -0.15) is 5.26 Å². The van der Waals surface area contributed by atoms with Crippen molar-refractivity contribution < 1.29 is 4.39 Å². The largest absolute Gasteiger partial charge is 0.242 e. The number of aliphatic imine (C=N–C) groups is 1. The Labute approximate surface area is 156 Å². The van der Waals surface area contributed by atoms with Gasteiger partial charge in [0.15, 0.2) is 0 Å². The van der Waals surface area contributed by atoms with E-state index in [-0.39, 0.29) is 5.82 Å². The minimum atomic E-state index is -0.233. The van der Waals surface area contributed by atoms with Crippen LogP contribution in [-0.2, 0) is 0 Å². The third-order valence-corrected chi connectivity index (χ3v) is 5.02. The Balaban J connectivity index is 2.04. The molecular weight excluding hydrogens is 351 g/mol. The minimum Gasteiger partial charge on any atom is -0.242 e. The topological polar surface area (TPSA) is 36.1 Å². The zero-order chi connectivity index (χ0) is 17.9. The van der Waals surface area contributed by atoms with E-state index in [0.29, 0.717) is 6.42 Å². The molecule has 0 bridgehead atoms. The minimum absolute atomic E-state index is 0.233. The average Bonchev–Trinajstić information content (AvgIpc) is 2.62. The van der Waals surface area contributed by atoms with Gasteiger partial charge in [-0.3, -0.25) is 0 Å². The first-order chi connectivity index (χ1) is 12.2. The van der Waals surface area contributed by atoms with Crippen molar-refractivity contribution in [3.63, 3.8) is 0 Å². The summed E-state index contributed by atoms with van der Waals surface area (Å²) in [5.41, 5.74) is 2.11. The molecule has 2 nitrogen and oxygen atoms in total. The number of benzene rings is 2. The molecule has 2 aromatic rings. The van der Waals surface area contributed by atoms with Gasteiger partial charge in [0.05, 0.1) is 16.8 Å². The predicted molar refractivity (Wildman–Crippen MR) is 107 cm³/mol. The van der Waals surface area contributed by atoms with Crippen LogP contribution in [0.1, 0.15) is 18.4 Å². The van der Waals surface area contributed by atoms with Crippen LogP contribution in [-0.4, -0.2) is 10.8 Å². The van der Waals surface area contributed by atoms with Crippen molar-refractivity contribution in [3.8, 4) is 6.07 Å². The Kier molecular flexibility index (Phi) is 8.30. The first-order valence-electron chi connectivity index (χ1n) is 7.91. The zero-order valence-corrected chi connectivity index (χ0v) is 15.6. The van der Waals surface area contributed by atoms with Crippen LogP contribution in [0.15, 0.2) is 69.9 Å². The number of aryl methyl sites for hydroxylation is 1. The molecule has 0 atom stereocenters. The second kappa shape index (κ2) is 10.8. The fraction of sp³-hybridized carbons (Fsp3) is 0.200.